The minimum Gasteiger partial charge on any atom is -0.353 e. The second-order valence-electron chi connectivity index (χ2n) is 3.59. The van der Waals surface area contributed by atoms with Gasteiger partial charge in [-0.3, -0.25) is 0 Å². The van der Waals surface area contributed by atoms with Crippen molar-refractivity contribution in [3.8, 4) is 0 Å². The largest absolute Gasteiger partial charge is 0.353 e. The lowest BCUT2D eigenvalue weighted by Crippen LogP contribution is -2.23. The third kappa shape index (κ3) is 3.59. The van der Waals surface area contributed by atoms with Gasteiger partial charge in [-0.1, -0.05) is 0 Å². The molecule has 1 unspecified atom stereocenters. The van der Waals surface area contributed by atoms with Crippen LogP contribution in [0.3, 0.4) is 0 Å². The molecule has 1 N–H and O–H groups in total. The van der Waals surface area contributed by atoms with Crippen molar-refractivity contribution in [1.82, 2.24) is 9.97 Å². The highest BCUT2D eigenvalue weighted by atomic mass is 79.9. The fraction of sp³-hybridized carbons (Fsp3) is 0.700. The zero-order chi connectivity index (χ0) is 10.5. The van der Waals surface area contributed by atoms with Gasteiger partial charge in [0.2, 0.25) is 0 Å². The molecule has 0 radical (unpaired) electrons. The van der Waals surface area contributed by atoms with Crippen LogP contribution in [0.5, 0.6) is 0 Å². The SMILES string of the molecule is Brc1cnc(CCOC2CCCCO2)[nH]1. The van der Waals surface area contributed by atoms with Crippen molar-refractivity contribution in [3.63, 3.8) is 0 Å². The molecule has 2 rings (SSSR count). The highest BCUT2D eigenvalue weighted by Crippen LogP contribution is 2.14. The average Bonchev–Trinajstić information content (AvgIpc) is 2.66. The number of hydrogen-bond donors (Lipinski definition) is 1. The Labute approximate surface area is 97.5 Å². The zero-order valence-electron chi connectivity index (χ0n) is 8.54. The molecule has 0 aliphatic carbocycles. The summed E-state index contributed by atoms with van der Waals surface area (Å²) in [6, 6.07) is 0. The van der Waals surface area contributed by atoms with Gasteiger partial charge in [-0.25, -0.2) is 4.98 Å². The first-order valence-electron chi connectivity index (χ1n) is 5.27. The molecule has 84 valence electrons. The number of H-pyrrole nitrogens is 1. The van der Waals surface area contributed by atoms with Crippen LogP contribution in [0.2, 0.25) is 0 Å². The van der Waals surface area contributed by atoms with E-state index in [1.165, 1.54) is 6.42 Å². The molecule has 1 aliphatic heterocycles. The van der Waals surface area contributed by atoms with E-state index in [9.17, 15) is 0 Å². The van der Waals surface area contributed by atoms with Crippen LogP contribution in [0.4, 0.5) is 0 Å². The van der Waals surface area contributed by atoms with E-state index >= 15 is 0 Å². The van der Waals surface area contributed by atoms with Gasteiger partial charge in [-0.05, 0) is 35.2 Å². The van der Waals surface area contributed by atoms with Crippen LogP contribution in [0.25, 0.3) is 0 Å². The number of nitrogens with one attached hydrogen (secondary N) is 1. The molecule has 0 saturated carbocycles. The molecule has 0 aromatic carbocycles. The first-order valence-corrected chi connectivity index (χ1v) is 6.06. The first kappa shape index (κ1) is 11.1. The third-order valence-electron chi connectivity index (χ3n) is 2.38. The molecule has 1 atom stereocenters. The van der Waals surface area contributed by atoms with Crippen molar-refractivity contribution in [2.45, 2.75) is 32.0 Å². The van der Waals surface area contributed by atoms with Crippen LogP contribution in [-0.4, -0.2) is 29.5 Å². The fourth-order valence-corrected chi connectivity index (χ4v) is 1.92. The average molecular weight is 275 g/mol. The van der Waals surface area contributed by atoms with Crippen LogP contribution in [0.15, 0.2) is 10.8 Å². The Hall–Kier alpha value is -0.390. The Morgan fingerprint density at radius 1 is 1.60 bits per heavy atom. The normalized spacial score (nSPS) is 21.8. The minimum absolute atomic E-state index is 0.00264. The molecule has 15 heavy (non-hydrogen) atoms. The Morgan fingerprint density at radius 2 is 2.53 bits per heavy atom. The molecule has 5 heteroatoms. The number of halogens is 1. The van der Waals surface area contributed by atoms with Gasteiger partial charge in [0.15, 0.2) is 6.29 Å². The quantitative estimate of drug-likeness (QED) is 0.916. The van der Waals surface area contributed by atoms with Gasteiger partial charge in [0, 0.05) is 13.0 Å². The van der Waals surface area contributed by atoms with Crippen molar-refractivity contribution >= 4 is 15.9 Å². The van der Waals surface area contributed by atoms with E-state index in [2.05, 4.69) is 25.9 Å². The summed E-state index contributed by atoms with van der Waals surface area (Å²) in [5.74, 6) is 0.942. The van der Waals surface area contributed by atoms with Gasteiger partial charge in [-0.15, -0.1) is 0 Å². The molecule has 0 bridgehead atoms. The predicted molar refractivity (Wildman–Crippen MR) is 59.5 cm³/mol. The van der Waals surface area contributed by atoms with E-state index in [0.29, 0.717) is 6.61 Å². The smallest absolute Gasteiger partial charge is 0.157 e. The molecule has 4 nitrogen and oxygen atoms in total. The molecule has 0 spiro atoms. The van der Waals surface area contributed by atoms with Crippen molar-refractivity contribution in [2.24, 2.45) is 0 Å². The second kappa shape index (κ2) is 5.63. The van der Waals surface area contributed by atoms with Crippen molar-refractivity contribution in [2.75, 3.05) is 13.2 Å². The lowest BCUT2D eigenvalue weighted by Gasteiger charge is -2.22. The molecule has 2 heterocycles. The molecule has 1 aromatic rings. The van der Waals surface area contributed by atoms with E-state index in [0.717, 1.165) is 36.3 Å². The fourth-order valence-electron chi connectivity index (χ4n) is 1.59. The number of imidazole rings is 1. The molecule has 1 fully saturated rings. The van der Waals surface area contributed by atoms with Gasteiger partial charge in [0.1, 0.15) is 10.4 Å². The Morgan fingerprint density at radius 3 is 3.20 bits per heavy atom. The molecule has 1 saturated heterocycles. The maximum absolute atomic E-state index is 5.60. The lowest BCUT2D eigenvalue weighted by atomic mass is 10.2. The molecule has 1 aliphatic rings. The van der Waals surface area contributed by atoms with Gasteiger partial charge in [0.05, 0.1) is 12.8 Å². The standard InChI is InChI=1S/C10H15BrN2O2/c11-8-7-12-9(13-8)4-6-15-10-3-1-2-5-14-10/h7,10H,1-6H2,(H,12,13). The molecule has 1 aromatic heterocycles. The van der Waals surface area contributed by atoms with E-state index in [-0.39, 0.29) is 6.29 Å². The number of nitrogens with zero attached hydrogens (tertiary/aromatic N) is 1. The topological polar surface area (TPSA) is 47.1 Å². The maximum Gasteiger partial charge on any atom is 0.157 e. The second-order valence-corrected chi connectivity index (χ2v) is 4.45. The predicted octanol–water partition coefficient (Wildman–Crippen LogP) is 2.26. The number of hydrogen-bond acceptors (Lipinski definition) is 3. The summed E-state index contributed by atoms with van der Waals surface area (Å²) < 4.78 is 12.0. The summed E-state index contributed by atoms with van der Waals surface area (Å²) >= 11 is 3.32. The van der Waals surface area contributed by atoms with Crippen LogP contribution in [0.1, 0.15) is 25.1 Å². The Balaban J connectivity index is 1.65. The van der Waals surface area contributed by atoms with Crippen LogP contribution in [0, 0.1) is 0 Å². The lowest BCUT2D eigenvalue weighted by molar-refractivity contribution is -0.161. The summed E-state index contributed by atoms with van der Waals surface area (Å²) in [7, 11) is 0. The number of aromatic amines is 1. The summed E-state index contributed by atoms with van der Waals surface area (Å²) in [6.45, 7) is 1.49. The summed E-state index contributed by atoms with van der Waals surface area (Å²) in [5, 5.41) is 0. The van der Waals surface area contributed by atoms with Gasteiger partial charge in [-0.2, -0.15) is 0 Å². The summed E-state index contributed by atoms with van der Waals surface area (Å²) in [5.41, 5.74) is 0. The zero-order valence-corrected chi connectivity index (χ0v) is 10.1. The van der Waals surface area contributed by atoms with Crippen molar-refractivity contribution in [1.29, 1.82) is 0 Å². The van der Waals surface area contributed by atoms with Gasteiger partial charge < -0.3 is 14.5 Å². The highest BCUT2D eigenvalue weighted by molar-refractivity contribution is 9.10. The molecular weight excluding hydrogens is 260 g/mol. The van der Waals surface area contributed by atoms with E-state index < -0.39 is 0 Å². The van der Waals surface area contributed by atoms with Crippen LogP contribution < -0.4 is 0 Å². The third-order valence-corrected chi connectivity index (χ3v) is 2.78. The van der Waals surface area contributed by atoms with E-state index in [4.69, 9.17) is 9.47 Å². The molecule has 0 amide bonds. The highest BCUT2D eigenvalue weighted by Gasteiger charge is 2.13. The Bertz CT molecular complexity index is 297. The first-order chi connectivity index (χ1) is 7.34. The van der Waals surface area contributed by atoms with Crippen LogP contribution >= 0.6 is 15.9 Å². The Kier molecular flexibility index (Phi) is 4.17. The maximum atomic E-state index is 5.60. The number of ether oxygens (including phenoxy) is 2. The summed E-state index contributed by atoms with van der Waals surface area (Å²) in [6.07, 6.45) is 5.93. The van der Waals surface area contributed by atoms with Crippen LogP contribution in [-0.2, 0) is 15.9 Å². The van der Waals surface area contributed by atoms with Crippen molar-refractivity contribution in [3.05, 3.63) is 16.6 Å². The van der Waals surface area contributed by atoms with E-state index in [1.807, 2.05) is 0 Å². The van der Waals surface area contributed by atoms with E-state index in [1.54, 1.807) is 6.20 Å². The van der Waals surface area contributed by atoms with Crippen molar-refractivity contribution < 1.29 is 9.47 Å². The molecular formula is C10H15BrN2O2. The number of aromatic nitrogens is 2. The minimum atomic E-state index is -0.00264. The van der Waals surface area contributed by atoms with Gasteiger partial charge in [0.25, 0.3) is 0 Å². The summed E-state index contributed by atoms with van der Waals surface area (Å²) in [4.78, 5) is 7.27. The van der Waals surface area contributed by atoms with Gasteiger partial charge >= 0.3 is 0 Å². The monoisotopic (exact) mass is 274 g/mol. The number of rotatable bonds is 4.